The van der Waals surface area contributed by atoms with E-state index in [9.17, 15) is 9.59 Å². The van der Waals surface area contributed by atoms with Crippen LogP contribution in [0.1, 0.15) is 35.3 Å². The van der Waals surface area contributed by atoms with Crippen LogP contribution in [0.5, 0.6) is 0 Å². The lowest BCUT2D eigenvalue weighted by molar-refractivity contribution is -0.111. The Hall–Kier alpha value is -2.68. The zero-order chi connectivity index (χ0) is 16.1. The molecule has 0 aliphatic rings. The number of benzene rings is 2. The zero-order valence-electron chi connectivity index (χ0n) is 13.0. The molecule has 0 saturated carbocycles. The van der Waals surface area contributed by atoms with E-state index in [0.717, 1.165) is 11.1 Å². The summed E-state index contributed by atoms with van der Waals surface area (Å²) in [4.78, 5) is 24.0. The maximum Gasteiger partial charge on any atom is 0.248 e. The van der Waals surface area contributed by atoms with Gasteiger partial charge < -0.3 is 5.32 Å². The third-order valence-electron chi connectivity index (χ3n) is 3.15. The number of aryl methyl sites for hydroxylation is 1. The van der Waals surface area contributed by atoms with Gasteiger partial charge in [-0.1, -0.05) is 35.4 Å². The van der Waals surface area contributed by atoms with Crippen molar-refractivity contribution in [2.45, 2.75) is 20.8 Å². The maximum atomic E-state index is 12.3. The van der Waals surface area contributed by atoms with Gasteiger partial charge >= 0.3 is 0 Å². The van der Waals surface area contributed by atoms with Crippen molar-refractivity contribution in [3.05, 3.63) is 76.9 Å². The Kier molecular flexibility index (Phi) is 4.89. The number of rotatable bonds is 4. The van der Waals surface area contributed by atoms with E-state index in [1.807, 2.05) is 45.0 Å². The number of amides is 1. The van der Waals surface area contributed by atoms with Crippen molar-refractivity contribution in [2.24, 2.45) is 0 Å². The highest BCUT2D eigenvalue weighted by atomic mass is 16.1. The maximum absolute atomic E-state index is 12.3. The lowest BCUT2D eigenvalue weighted by atomic mass is 10.0. The molecule has 0 radical (unpaired) electrons. The summed E-state index contributed by atoms with van der Waals surface area (Å²) in [7, 11) is 0. The molecule has 0 aliphatic carbocycles. The van der Waals surface area contributed by atoms with E-state index < -0.39 is 0 Å². The number of hydrogen-bond acceptors (Lipinski definition) is 2. The average Bonchev–Trinajstić information content (AvgIpc) is 2.47. The molecule has 1 amide bonds. The van der Waals surface area contributed by atoms with Crippen LogP contribution in [0.25, 0.3) is 0 Å². The van der Waals surface area contributed by atoms with Crippen LogP contribution in [-0.4, -0.2) is 11.7 Å². The smallest absolute Gasteiger partial charge is 0.248 e. The SMILES string of the molecule is CC(C)=CC(=O)Nc1ccc(C(=O)c2ccc(C)cc2)cc1. The number of anilines is 1. The van der Waals surface area contributed by atoms with Crippen molar-refractivity contribution in [1.29, 1.82) is 0 Å². The van der Waals surface area contributed by atoms with E-state index in [2.05, 4.69) is 5.32 Å². The van der Waals surface area contributed by atoms with Crippen molar-refractivity contribution in [3.63, 3.8) is 0 Å². The summed E-state index contributed by atoms with van der Waals surface area (Å²) in [5.74, 6) is -0.195. The number of ketones is 1. The number of nitrogens with one attached hydrogen (secondary N) is 1. The highest BCUT2D eigenvalue weighted by Gasteiger charge is 2.08. The quantitative estimate of drug-likeness (QED) is 0.680. The molecule has 0 heterocycles. The minimum atomic E-state index is -0.169. The zero-order valence-corrected chi connectivity index (χ0v) is 13.0. The first-order valence-corrected chi connectivity index (χ1v) is 7.13. The highest BCUT2D eigenvalue weighted by Crippen LogP contribution is 2.14. The molecule has 0 aliphatic heterocycles. The van der Waals surface area contributed by atoms with E-state index in [-0.39, 0.29) is 11.7 Å². The fourth-order valence-electron chi connectivity index (χ4n) is 2.02. The molecule has 0 saturated heterocycles. The first-order valence-electron chi connectivity index (χ1n) is 7.13. The lowest BCUT2D eigenvalue weighted by Crippen LogP contribution is -2.08. The first kappa shape index (κ1) is 15.7. The van der Waals surface area contributed by atoms with Crippen LogP contribution in [0.15, 0.2) is 60.2 Å². The van der Waals surface area contributed by atoms with Crippen LogP contribution in [0.2, 0.25) is 0 Å². The molecule has 22 heavy (non-hydrogen) atoms. The second-order valence-corrected chi connectivity index (χ2v) is 5.48. The topological polar surface area (TPSA) is 46.2 Å². The van der Waals surface area contributed by atoms with Gasteiger partial charge in [-0.2, -0.15) is 0 Å². The molecule has 0 unspecified atom stereocenters. The third kappa shape index (κ3) is 4.16. The molecule has 0 aromatic heterocycles. The van der Waals surface area contributed by atoms with Crippen molar-refractivity contribution < 1.29 is 9.59 Å². The summed E-state index contributed by atoms with van der Waals surface area (Å²) in [6.45, 7) is 5.71. The molecular weight excluding hydrogens is 274 g/mol. The van der Waals surface area contributed by atoms with Gasteiger partial charge in [-0.05, 0) is 45.0 Å². The molecule has 0 fully saturated rings. The van der Waals surface area contributed by atoms with Gasteiger partial charge in [0, 0.05) is 22.9 Å². The summed E-state index contributed by atoms with van der Waals surface area (Å²) >= 11 is 0. The minimum absolute atomic E-state index is 0.0258. The second kappa shape index (κ2) is 6.85. The van der Waals surface area contributed by atoms with E-state index in [1.165, 1.54) is 6.08 Å². The Balaban J connectivity index is 2.11. The molecule has 0 spiro atoms. The Bertz CT molecular complexity index is 706. The molecule has 2 rings (SSSR count). The van der Waals surface area contributed by atoms with Crippen LogP contribution in [0, 0.1) is 6.92 Å². The largest absolute Gasteiger partial charge is 0.323 e. The molecule has 0 bridgehead atoms. The van der Waals surface area contributed by atoms with Crippen molar-refractivity contribution in [2.75, 3.05) is 5.32 Å². The average molecular weight is 293 g/mol. The number of allylic oxidation sites excluding steroid dienone is 1. The lowest BCUT2D eigenvalue weighted by Gasteiger charge is -2.05. The minimum Gasteiger partial charge on any atom is -0.323 e. The second-order valence-electron chi connectivity index (χ2n) is 5.48. The Morgan fingerprint density at radius 2 is 1.36 bits per heavy atom. The standard InChI is InChI=1S/C19H19NO2/c1-13(2)12-18(21)20-17-10-8-16(9-11-17)19(22)15-6-4-14(3)5-7-15/h4-12H,1-3H3,(H,20,21). The van der Waals surface area contributed by atoms with Crippen molar-refractivity contribution >= 4 is 17.4 Å². The Labute approximate surface area is 130 Å². The molecular formula is C19H19NO2. The van der Waals surface area contributed by atoms with Gasteiger partial charge in [-0.3, -0.25) is 9.59 Å². The van der Waals surface area contributed by atoms with Gasteiger partial charge in [0.15, 0.2) is 5.78 Å². The van der Waals surface area contributed by atoms with Crippen molar-refractivity contribution in [3.8, 4) is 0 Å². The monoisotopic (exact) mass is 293 g/mol. The molecule has 3 heteroatoms. The number of hydrogen-bond donors (Lipinski definition) is 1. The van der Waals surface area contributed by atoms with Gasteiger partial charge in [-0.25, -0.2) is 0 Å². The Morgan fingerprint density at radius 3 is 1.86 bits per heavy atom. The van der Waals surface area contributed by atoms with Crippen LogP contribution in [-0.2, 0) is 4.79 Å². The molecule has 2 aromatic rings. The predicted octanol–water partition coefficient (Wildman–Crippen LogP) is 4.13. The van der Waals surface area contributed by atoms with Gasteiger partial charge in [0.25, 0.3) is 0 Å². The highest BCUT2D eigenvalue weighted by molar-refractivity contribution is 6.09. The predicted molar refractivity (Wildman–Crippen MR) is 89.1 cm³/mol. The summed E-state index contributed by atoms with van der Waals surface area (Å²) in [6.07, 6.45) is 1.53. The Morgan fingerprint density at radius 1 is 0.864 bits per heavy atom. The van der Waals surface area contributed by atoms with E-state index in [1.54, 1.807) is 24.3 Å². The molecule has 2 aromatic carbocycles. The molecule has 1 N–H and O–H groups in total. The van der Waals surface area contributed by atoms with Crippen LogP contribution in [0.3, 0.4) is 0 Å². The first-order chi connectivity index (χ1) is 10.5. The van der Waals surface area contributed by atoms with Crippen LogP contribution in [0.4, 0.5) is 5.69 Å². The van der Waals surface area contributed by atoms with Gasteiger partial charge in [-0.15, -0.1) is 0 Å². The van der Waals surface area contributed by atoms with E-state index in [4.69, 9.17) is 0 Å². The van der Waals surface area contributed by atoms with Crippen molar-refractivity contribution in [1.82, 2.24) is 0 Å². The molecule has 3 nitrogen and oxygen atoms in total. The number of carbonyl (C=O) groups excluding carboxylic acids is 2. The van der Waals surface area contributed by atoms with Gasteiger partial charge in [0.2, 0.25) is 5.91 Å². The fourth-order valence-corrected chi connectivity index (χ4v) is 2.02. The summed E-state index contributed by atoms with van der Waals surface area (Å²) in [6, 6.07) is 14.4. The van der Waals surface area contributed by atoms with Crippen LogP contribution < -0.4 is 5.32 Å². The molecule has 112 valence electrons. The normalized spacial score (nSPS) is 9.95. The number of carbonyl (C=O) groups is 2. The summed E-state index contributed by atoms with van der Waals surface area (Å²) in [5.41, 5.74) is 3.98. The van der Waals surface area contributed by atoms with E-state index >= 15 is 0 Å². The van der Waals surface area contributed by atoms with Gasteiger partial charge in [0.05, 0.1) is 0 Å². The molecule has 0 atom stereocenters. The summed E-state index contributed by atoms with van der Waals surface area (Å²) in [5, 5.41) is 2.76. The van der Waals surface area contributed by atoms with Gasteiger partial charge in [0.1, 0.15) is 0 Å². The fraction of sp³-hybridized carbons (Fsp3) is 0.158. The van der Waals surface area contributed by atoms with E-state index in [0.29, 0.717) is 16.8 Å². The third-order valence-corrected chi connectivity index (χ3v) is 3.15. The van der Waals surface area contributed by atoms with Crippen LogP contribution >= 0.6 is 0 Å². The summed E-state index contributed by atoms with van der Waals surface area (Å²) < 4.78 is 0.